The van der Waals surface area contributed by atoms with Gasteiger partial charge in [0.1, 0.15) is 11.9 Å². The molecule has 0 heterocycles. The summed E-state index contributed by atoms with van der Waals surface area (Å²) in [5.41, 5.74) is 0.0218. The molecule has 23 heavy (non-hydrogen) atoms. The number of rotatable bonds is 6. The fourth-order valence-electron chi connectivity index (χ4n) is 2.84. The summed E-state index contributed by atoms with van der Waals surface area (Å²) in [4.78, 5) is 11.3. The molecule has 1 fully saturated rings. The SMILES string of the molecule is CCCOc1ccc(C2(O)CCC(OC(=O)OCC)CC2)cc1. The lowest BCUT2D eigenvalue weighted by Gasteiger charge is -2.36. The largest absolute Gasteiger partial charge is 0.508 e. The molecule has 0 amide bonds. The van der Waals surface area contributed by atoms with Crippen molar-refractivity contribution < 1.29 is 24.1 Å². The minimum Gasteiger partial charge on any atom is -0.494 e. The van der Waals surface area contributed by atoms with E-state index in [0.717, 1.165) is 17.7 Å². The summed E-state index contributed by atoms with van der Waals surface area (Å²) >= 11 is 0. The Morgan fingerprint density at radius 1 is 1.22 bits per heavy atom. The highest BCUT2D eigenvalue weighted by Gasteiger charge is 2.36. The topological polar surface area (TPSA) is 65.0 Å². The zero-order valence-electron chi connectivity index (χ0n) is 13.9. The Bertz CT molecular complexity index is 489. The number of benzene rings is 1. The summed E-state index contributed by atoms with van der Waals surface area (Å²) in [7, 11) is 0. The lowest BCUT2D eigenvalue weighted by molar-refractivity contribution is -0.0531. The fraction of sp³-hybridized carbons (Fsp3) is 0.611. The monoisotopic (exact) mass is 322 g/mol. The second-order valence-electron chi connectivity index (χ2n) is 5.90. The Morgan fingerprint density at radius 2 is 1.87 bits per heavy atom. The molecule has 1 aromatic carbocycles. The third-order valence-electron chi connectivity index (χ3n) is 4.15. The molecule has 1 saturated carbocycles. The van der Waals surface area contributed by atoms with Crippen molar-refractivity contribution in [2.45, 2.75) is 57.7 Å². The minimum atomic E-state index is -0.863. The third-order valence-corrected chi connectivity index (χ3v) is 4.15. The van der Waals surface area contributed by atoms with Crippen molar-refractivity contribution in [2.24, 2.45) is 0 Å². The normalized spacial score (nSPS) is 24.0. The number of hydrogen-bond donors (Lipinski definition) is 1. The Hall–Kier alpha value is -1.75. The van der Waals surface area contributed by atoms with E-state index < -0.39 is 11.8 Å². The van der Waals surface area contributed by atoms with Gasteiger partial charge in [-0.2, -0.15) is 0 Å². The lowest BCUT2D eigenvalue weighted by Crippen LogP contribution is -2.35. The predicted molar refractivity (Wildman–Crippen MR) is 86.5 cm³/mol. The molecular weight excluding hydrogens is 296 g/mol. The number of carbonyl (C=O) groups excluding carboxylic acids is 1. The summed E-state index contributed by atoms with van der Waals surface area (Å²) in [6, 6.07) is 7.61. The standard InChI is InChI=1S/C18H26O5/c1-3-13-22-15-7-5-14(6-8-15)18(20)11-9-16(10-12-18)23-17(19)21-4-2/h5-8,16,20H,3-4,9-13H2,1-2H3. The van der Waals surface area contributed by atoms with Gasteiger partial charge in [0.25, 0.3) is 0 Å². The van der Waals surface area contributed by atoms with Crippen LogP contribution in [0.25, 0.3) is 0 Å². The van der Waals surface area contributed by atoms with Crippen molar-refractivity contribution in [3.8, 4) is 5.75 Å². The number of carbonyl (C=O) groups is 1. The van der Waals surface area contributed by atoms with Crippen molar-refractivity contribution in [2.75, 3.05) is 13.2 Å². The van der Waals surface area contributed by atoms with E-state index in [0.29, 0.717) is 38.9 Å². The van der Waals surface area contributed by atoms with Crippen LogP contribution in [0.3, 0.4) is 0 Å². The molecule has 1 aromatic rings. The van der Waals surface area contributed by atoms with Gasteiger partial charge in [-0.1, -0.05) is 19.1 Å². The van der Waals surface area contributed by atoms with E-state index in [2.05, 4.69) is 6.92 Å². The van der Waals surface area contributed by atoms with Gasteiger partial charge in [0.2, 0.25) is 0 Å². The van der Waals surface area contributed by atoms with E-state index in [4.69, 9.17) is 14.2 Å². The Kier molecular flexibility index (Phi) is 6.28. The average Bonchev–Trinajstić information content (AvgIpc) is 2.56. The summed E-state index contributed by atoms with van der Waals surface area (Å²) in [6.45, 7) is 4.81. The molecule has 0 unspecified atom stereocenters. The number of hydrogen-bond acceptors (Lipinski definition) is 5. The van der Waals surface area contributed by atoms with Crippen molar-refractivity contribution in [1.29, 1.82) is 0 Å². The van der Waals surface area contributed by atoms with Crippen LogP contribution in [-0.4, -0.2) is 30.6 Å². The molecule has 5 nitrogen and oxygen atoms in total. The molecule has 128 valence electrons. The molecule has 2 rings (SSSR count). The molecule has 1 aliphatic rings. The van der Waals surface area contributed by atoms with Gasteiger partial charge in [-0.15, -0.1) is 0 Å². The van der Waals surface area contributed by atoms with Crippen molar-refractivity contribution in [1.82, 2.24) is 0 Å². The molecule has 0 spiro atoms. The Balaban J connectivity index is 1.90. The van der Waals surface area contributed by atoms with Crippen LogP contribution in [0.2, 0.25) is 0 Å². The molecule has 1 N–H and O–H groups in total. The van der Waals surface area contributed by atoms with Gasteiger partial charge in [-0.25, -0.2) is 4.79 Å². The van der Waals surface area contributed by atoms with Crippen molar-refractivity contribution in [3.63, 3.8) is 0 Å². The highest BCUT2D eigenvalue weighted by molar-refractivity contribution is 5.60. The van der Waals surface area contributed by atoms with Crippen molar-refractivity contribution in [3.05, 3.63) is 29.8 Å². The summed E-state index contributed by atoms with van der Waals surface area (Å²) in [5, 5.41) is 10.9. The highest BCUT2D eigenvalue weighted by atomic mass is 16.7. The lowest BCUT2D eigenvalue weighted by atomic mass is 9.78. The van der Waals surface area contributed by atoms with Crippen molar-refractivity contribution >= 4 is 6.16 Å². The van der Waals surface area contributed by atoms with Crippen LogP contribution < -0.4 is 4.74 Å². The third kappa shape index (κ3) is 4.86. The van der Waals surface area contributed by atoms with E-state index in [1.807, 2.05) is 24.3 Å². The van der Waals surface area contributed by atoms with Crippen LogP contribution in [0.5, 0.6) is 5.75 Å². The molecule has 1 aliphatic carbocycles. The minimum absolute atomic E-state index is 0.179. The Labute approximate surface area is 137 Å². The second-order valence-corrected chi connectivity index (χ2v) is 5.90. The van der Waals surface area contributed by atoms with Crippen LogP contribution >= 0.6 is 0 Å². The second kappa shape index (κ2) is 8.20. The van der Waals surface area contributed by atoms with Crippen LogP contribution in [0.1, 0.15) is 51.5 Å². The summed E-state index contributed by atoms with van der Waals surface area (Å²) < 4.78 is 15.6. The van der Waals surface area contributed by atoms with Crippen LogP contribution in [0, 0.1) is 0 Å². The first-order chi connectivity index (χ1) is 11.1. The number of ether oxygens (including phenoxy) is 3. The summed E-state index contributed by atoms with van der Waals surface area (Å²) in [6.07, 6.45) is 2.54. The quantitative estimate of drug-likeness (QED) is 0.807. The van der Waals surface area contributed by atoms with Crippen LogP contribution in [-0.2, 0) is 15.1 Å². The van der Waals surface area contributed by atoms with Gasteiger partial charge >= 0.3 is 6.16 Å². The van der Waals surface area contributed by atoms with Gasteiger partial charge in [0, 0.05) is 0 Å². The molecule has 0 aliphatic heterocycles. The van der Waals surface area contributed by atoms with E-state index in [1.165, 1.54) is 0 Å². The predicted octanol–water partition coefficient (Wildman–Crippen LogP) is 3.78. The first kappa shape index (κ1) is 17.6. The van der Waals surface area contributed by atoms with Gasteiger partial charge in [-0.05, 0) is 56.7 Å². The Morgan fingerprint density at radius 3 is 2.43 bits per heavy atom. The highest BCUT2D eigenvalue weighted by Crippen LogP contribution is 2.38. The van der Waals surface area contributed by atoms with E-state index in [-0.39, 0.29) is 6.10 Å². The first-order valence-electron chi connectivity index (χ1n) is 8.36. The fourth-order valence-corrected chi connectivity index (χ4v) is 2.84. The maximum absolute atomic E-state index is 11.3. The zero-order valence-corrected chi connectivity index (χ0v) is 13.9. The summed E-state index contributed by atoms with van der Waals surface area (Å²) in [5.74, 6) is 0.818. The molecule has 5 heteroatoms. The molecular formula is C18H26O5. The molecule has 0 bridgehead atoms. The maximum atomic E-state index is 11.3. The average molecular weight is 322 g/mol. The zero-order chi connectivity index (χ0) is 16.7. The van der Waals surface area contributed by atoms with Gasteiger partial charge in [0.15, 0.2) is 0 Å². The molecule has 0 radical (unpaired) electrons. The van der Waals surface area contributed by atoms with Gasteiger partial charge in [0.05, 0.1) is 18.8 Å². The number of aliphatic hydroxyl groups is 1. The molecule has 0 saturated heterocycles. The molecule has 0 aromatic heterocycles. The van der Waals surface area contributed by atoms with Crippen LogP contribution in [0.15, 0.2) is 24.3 Å². The maximum Gasteiger partial charge on any atom is 0.508 e. The van der Waals surface area contributed by atoms with Gasteiger partial charge < -0.3 is 19.3 Å². The van der Waals surface area contributed by atoms with Crippen LogP contribution in [0.4, 0.5) is 4.79 Å². The smallest absolute Gasteiger partial charge is 0.494 e. The van der Waals surface area contributed by atoms with Gasteiger partial charge in [-0.3, -0.25) is 0 Å². The molecule has 0 atom stereocenters. The van der Waals surface area contributed by atoms with E-state index >= 15 is 0 Å². The van der Waals surface area contributed by atoms with E-state index in [9.17, 15) is 9.90 Å². The van der Waals surface area contributed by atoms with E-state index in [1.54, 1.807) is 6.92 Å². The first-order valence-corrected chi connectivity index (χ1v) is 8.36.